The lowest BCUT2D eigenvalue weighted by Gasteiger charge is -2.18. The van der Waals surface area contributed by atoms with Crippen LogP contribution < -0.4 is 5.56 Å². The van der Waals surface area contributed by atoms with Crippen molar-refractivity contribution in [2.45, 2.75) is 27.2 Å². The molecule has 4 heteroatoms. The van der Waals surface area contributed by atoms with Crippen molar-refractivity contribution >= 4 is 16.9 Å². The quantitative estimate of drug-likeness (QED) is 0.889. The van der Waals surface area contributed by atoms with Crippen LogP contribution in [0.15, 0.2) is 29.1 Å². The van der Waals surface area contributed by atoms with E-state index in [1.54, 1.807) is 19.9 Å². The summed E-state index contributed by atoms with van der Waals surface area (Å²) in [7, 11) is 0. The predicted molar refractivity (Wildman–Crippen MR) is 74.4 cm³/mol. The van der Waals surface area contributed by atoms with E-state index in [2.05, 4.69) is 4.98 Å². The summed E-state index contributed by atoms with van der Waals surface area (Å²) in [5, 5.41) is 10.1. The van der Waals surface area contributed by atoms with Gasteiger partial charge in [0, 0.05) is 11.1 Å². The number of benzene rings is 1. The van der Waals surface area contributed by atoms with E-state index in [4.69, 9.17) is 5.11 Å². The van der Waals surface area contributed by atoms with Gasteiger partial charge in [-0.2, -0.15) is 0 Å². The topological polar surface area (TPSA) is 70.2 Å². The number of carboxylic acid groups (broad SMARTS) is 1. The van der Waals surface area contributed by atoms with E-state index in [1.165, 1.54) is 0 Å². The number of carbonyl (C=O) groups is 1. The van der Waals surface area contributed by atoms with Crippen LogP contribution in [0.3, 0.4) is 0 Å². The van der Waals surface area contributed by atoms with Crippen molar-refractivity contribution in [3.8, 4) is 0 Å². The zero-order valence-electron chi connectivity index (χ0n) is 11.3. The molecule has 100 valence electrons. The Morgan fingerprint density at radius 2 is 2.00 bits per heavy atom. The van der Waals surface area contributed by atoms with Gasteiger partial charge in [0.05, 0.1) is 5.41 Å². The Hall–Kier alpha value is -2.10. The molecule has 0 atom stereocenters. The van der Waals surface area contributed by atoms with E-state index >= 15 is 0 Å². The van der Waals surface area contributed by atoms with Crippen LogP contribution in [-0.4, -0.2) is 16.1 Å². The van der Waals surface area contributed by atoms with Gasteiger partial charge in [0.15, 0.2) is 0 Å². The molecule has 0 aliphatic carbocycles. The fourth-order valence-electron chi connectivity index (χ4n) is 2.05. The molecule has 2 rings (SSSR count). The Balaban J connectivity index is 2.52. The first kappa shape index (κ1) is 13.3. The monoisotopic (exact) mass is 259 g/mol. The highest BCUT2D eigenvalue weighted by atomic mass is 16.4. The molecule has 0 saturated heterocycles. The molecule has 1 aromatic heterocycles. The maximum Gasteiger partial charge on any atom is 0.309 e. The van der Waals surface area contributed by atoms with Gasteiger partial charge in [-0.1, -0.05) is 11.6 Å². The number of aliphatic carboxylic acids is 1. The number of aryl methyl sites for hydroxylation is 1. The molecule has 2 N–H and O–H groups in total. The summed E-state index contributed by atoms with van der Waals surface area (Å²) in [4.78, 5) is 25.9. The molecule has 0 radical (unpaired) electrons. The molecule has 0 aliphatic rings. The number of rotatable bonds is 3. The standard InChI is InChI=1S/C15H17NO3/c1-9-4-5-12-10(6-9)7-11(13(17)16-12)8-15(2,3)14(18)19/h4-7H,8H2,1-3H3,(H,16,17)(H,18,19). The minimum Gasteiger partial charge on any atom is -0.481 e. The average Bonchev–Trinajstić information content (AvgIpc) is 2.30. The van der Waals surface area contributed by atoms with E-state index < -0.39 is 11.4 Å². The minimum absolute atomic E-state index is 0.210. The van der Waals surface area contributed by atoms with Crippen LogP contribution in [0.25, 0.3) is 10.9 Å². The molecule has 0 saturated carbocycles. The lowest BCUT2D eigenvalue weighted by Crippen LogP contribution is -2.29. The number of carboxylic acids is 1. The van der Waals surface area contributed by atoms with Gasteiger partial charge in [0.25, 0.3) is 5.56 Å². The summed E-state index contributed by atoms with van der Waals surface area (Å²) in [6, 6.07) is 7.55. The highest BCUT2D eigenvalue weighted by Gasteiger charge is 2.28. The van der Waals surface area contributed by atoms with Crippen molar-refractivity contribution in [2.24, 2.45) is 5.41 Å². The highest BCUT2D eigenvalue weighted by molar-refractivity contribution is 5.80. The van der Waals surface area contributed by atoms with Crippen molar-refractivity contribution in [2.75, 3.05) is 0 Å². The van der Waals surface area contributed by atoms with Crippen molar-refractivity contribution in [3.63, 3.8) is 0 Å². The third-order valence-electron chi connectivity index (χ3n) is 3.29. The molecule has 0 spiro atoms. The molecular formula is C15H17NO3. The number of pyridine rings is 1. The molecule has 0 aliphatic heterocycles. The van der Waals surface area contributed by atoms with E-state index in [0.717, 1.165) is 16.5 Å². The number of H-pyrrole nitrogens is 1. The van der Waals surface area contributed by atoms with E-state index in [-0.39, 0.29) is 12.0 Å². The molecule has 0 amide bonds. The summed E-state index contributed by atoms with van der Waals surface area (Å²) in [5.74, 6) is -0.906. The lowest BCUT2D eigenvalue weighted by atomic mass is 9.86. The van der Waals surface area contributed by atoms with Gasteiger partial charge >= 0.3 is 5.97 Å². The second-order valence-electron chi connectivity index (χ2n) is 5.58. The number of fused-ring (bicyclic) bond motifs is 1. The largest absolute Gasteiger partial charge is 0.481 e. The first-order valence-corrected chi connectivity index (χ1v) is 6.15. The Morgan fingerprint density at radius 3 is 2.63 bits per heavy atom. The fraction of sp³-hybridized carbons (Fsp3) is 0.333. The Labute approximate surface area is 111 Å². The van der Waals surface area contributed by atoms with Crippen LogP contribution in [-0.2, 0) is 11.2 Å². The fourth-order valence-corrected chi connectivity index (χ4v) is 2.05. The second-order valence-corrected chi connectivity index (χ2v) is 5.58. The first-order chi connectivity index (χ1) is 8.79. The molecular weight excluding hydrogens is 242 g/mol. The van der Waals surface area contributed by atoms with Gasteiger partial charge in [-0.15, -0.1) is 0 Å². The number of hydrogen-bond donors (Lipinski definition) is 2. The van der Waals surface area contributed by atoms with Crippen LogP contribution in [0, 0.1) is 12.3 Å². The Morgan fingerprint density at radius 1 is 1.32 bits per heavy atom. The number of hydrogen-bond acceptors (Lipinski definition) is 2. The van der Waals surface area contributed by atoms with Crippen molar-refractivity contribution in [3.05, 3.63) is 45.7 Å². The van der Waals surface area contributed by atoms with E-state index in [9.17, 15) is 9.59 Å². The summed E-state index contributed by atoms with van der Waals surface area (Å²) in [6.45, 7) is 5.22. The predicted octanol–water partition coefficient (Wildman–Crippen LogP) is 2.49. The third kappa shape index (κ3) is 2.67. The maximum absolute atomic E-state index is 12.0. The van der Waals surface area contributed by atoms with Gasteiger partial charge in [-0.05, 0) is 50.8 Å². The molecule has 1 aromatic carbocycles. The first-order valence-electron chi connectivity index (χ1n) is 6.15. The van der Waals surface area contributed by atoms with Crippen LogP contribution in [0.4, 0.5) is 0 Å². The number of nitrogens with one attached hydrogen (secondary N) is 1. The zero-order valence-corrected chi connectivity index (χ0v) is 11.3. The number of aromatic amines is 1. The molecule has 4 nitrogen and oxygen atoms in total. The smallest absolute Gasteiger partial charge is 0.309 e. The van der Waals surface area contributed by atoms with Crippen LogP contribution >= 0.6 is 0 Å². The van der Waals surface area contributed by atoms with Crippen LogP contribution in [0.1, 0.15) is 25.0 Å². The van der Waals surface area contributed by atoms with Gasteiger partial charge in [0.2, 0.25) is 0 Å². The van der Waals surface area contributed by atoms with Gasteiger partial charge in [-0.3, -0.25) is 9.59 Å². The van der Waals surface area contributed by atoms with Crippen LogP contribution in [0.2, 0.25) is 0 Å². The number of aromatic nitrogens is 1. The minimum atomic E-state index is -0.954. The summed E-state index contributed by atoms with van der Waals surface area (Å²) in [5.41, 5.74) is 1.21. The van der Waals surface area contributed by atoms with E-state index in [1.807, 2.05) is 25.1 Å². The zero-order chi connectivity index (χ0) is 14.2. The van der Waals surface area contributed by atoms with E-state index in [0.29, 0.717) is 5.56 Å². The molecule has 0 unspecified atom stereocenters. The van der Waals surface area contributed by atoms with Crippen molar-refractivity contribution < 1.29 is 9.90 Å². The highest BCUT2D eigenvalue weighted by Crippen LogP contribution is 2.22. The Bertz CT molecular complexity index is 698. The summed E-state index contributed by atoms with van der Waals surface area (Å²) >= 11 is 0. The van der Waals surface area contributed by atoms with Gasteiger partial charge in [-0.25, -0.2) is 0 Å². The molecule has 19 heavy (non-hydrogen) atoms. The third-order valence-corrected chi connectivity index (χ3v) is 3.29. The molecule has 0 bridgehead atoms. The van der Waals surface area contributed by atoms with Gasteiger partial charge in [0.1, 0.15) is 0 Å². The summed E-state index contributed by atoms with van der Waals surface area (Å²) in [6.07, 6.45) is 0.210. The molecule has 1 heterocycles. The molecule has 2 aromatic rings. The lowest BCUT2D eigenvalue weighted by molar-refractivity contribution is -0.146. The van der Waals surface area contributed by atoms with Crippen LogP contribution in [0.5, 0.6) is 0 Å². The van der Waals surface area contributed by atoms with Crippen molar-refractivity contribution in [1.82, 2.24) is 4.98 Å². The Kier molecular flexibility index (Phi) is 3.18. The second kappa shape index (κ2) is 4.53. The average molecular weight is 259 g/mol. The van der Waals surface area contributed by atoms with Crippen molar-refractivity contribution in [1.29, 1.82) is 0 Å². The maximum atomic E-state index is 12.0. The normalized spacial score (nSPS) is 11.7. The SMILES string of the molecule is Cc1ccc2[nH]c(=O)c(CC(C)(C)C(=O)O)cc2c1. The van der Waals surface area contributed by atoms with Gasteiger partial charge < -0.3 is 10.1 Å². The molecule has 0 fully saturated rings. The summed E-state index contributed by atoms with van der Waals surface area (Å²) < 4.78 is 0.